The van der Waals surface area contributed by atoms with E-state index in [9.17, 15) is 4.39 Å². The van der Waals surface area contributed by atoms with Crippen LogP contribution in [0.25, 0.3) is 0 Å². The van der Waals surface area contributed by atoms with Gasteiger partial charge in [-0.15, -0.1) is 0 Å². The molecule has 1 N–H and O–H groups in total. The molecule has 2 rings (SSSR count). The molecule has 5 heteroatoms. The molecule has 0 amide bonds. The second kappa shape index (κ2) is 7.16. The molecule has 1 heterocycles. The molecule has 0 bridgehead atoms. The summed E-state index contributed by atoms with van der Waals surface area (Å²) in [4.78, 5) is 4.36. The number of rotatable bonds is 5. The maximum absolute atomic E-state index is 13.0. The fourth-order valence-electron chi connectivity index (χ4n) is 2.01. The van der Waals surface area contributed by atoms with Crippen LogP contribution in [0.5, 0.6) is 0 Å². The number of hydrogen-bond donors (Lipinski definition) is 1. The van der Waals surface area contributed by atoms with Crippen molar-refractivity contribution in [2.45, 2.75) is 18.9 Å². The first-order chi connectivity index (χ1) is 9.58. The summed E-state index contributed by atoms with van der Waals surface area (Å²) in [5.74, 6) is -0.311. The Kier molecular flexibility index (Phi) is 5.52. The number of benzene rings is 1. The van der Waals surface area contributed by atoms with E-state index in [0.29, 0.717) is 5.02 Å². The van der Waals surface area contributed by atoms with Gasteiger partial charge in [0.1, 0.15) is 5.82 Å². The average molecular weight is 358 g/mol. The number of likely N-dealkylation sites (N-methyl/N-ethyl adjacent to an activating group) is 1. The minimum Gasteiger partial charge on any atom is -0.316 e. The van der Waals surface area contributed by atoms with E-state index in [4.69, 9.17) is 11.6 Å². The molecule has 0 aliphatic heterocycles. The van der Waals surface area contributed by atoms with Crippen molar-refractivity contribution < 1.29 is 4.39 Å². The summed E-state index contributed by atoms with van der Waals surface area (Å²) in [6.45, 7) is 0. The molecule has 1 unspecified atom stereocenters. The van der Waals surface area contributed by atoms with E-state index < -0.39 is 0 Å². The van der Waals surface area contributed by atoms with Gasteiger partial charge in [-0.1, -0.05) is 17.7 Å². The van der Waals surface area contributed by atoms with Gasteiger partial charge in [0, 0.05) is 33.8 Å². The fraction of sp³-hybridized carbons (Fsp3) is 0.267. The SMILES string of the molecule is CNC(Cc1ccc(Br)cn1)Cc1ccc(F)cc1Cl. The van der Waals surface area contributed by atoms with E-state index in [1.54, 1.807) is 12.3 Å². The average Bonchev–Trinajstić information content (AvgIpc) is 2.43. The van der Waals surface area contributed by atoms with Crippen molar-refractivity contribution in [2.24, 2.45) is 0 Å². The first-order valence-corrected chi connectivity index (χ1v) is 7.47. The largest absolute Gasteiger partial charge is 0.316 e. The summed E-state index contributed by atoms with van der Waals surface area (Å²) in [5.41, 5.74) is 1.94. The summed E-state index contributed by atoms with van der Waals surface area (Å²) in [6.07, 6.45) is 3.30. The van der Waals surface area contributed by atoms with Gasteiger partial charge >= 0.3 is 0 Å². The second-order valence-electron chi connectivity index (χ2n) is 4.60. The molecule has 2 nitrogen and oxygen atoms in total. The number of halogens is 3. The zero-order valence-electron chi connectivity index (χ0n) is 11.0. The van der Waals surface area contributed by atoms with Crippen molar-refractivity contribution in [1.29, 1.82) is 0 Å². The zero-order chi connectivity index (χ0) is 14.5. The number of aromatic nitrogens is 1. The molecule has 0 saturated heterocycles. The second-order valence-corrected chi connectivity index (χ2v) is 5.92. The molecule has 0 spiro atoms. The summed E-state index contributed by atoms with van der Waals surface area (Å²) < 4.78 is 14.0. The van der Waals surface area contributed by atoms with Gasteiger partial charge in [0.25, 0.3) is 0 Å². The Morgan fingerprint density at radius 1 is 1.30 bits per heavy atom. The van der Waals surface area contributed by atoms with Crippen molar-refractivity contribution in [3.05, 3.63) is 63.1 Å². The highest BCUT2D eigenvalue weighted by Gasteiger charge is 2.12. The molecule has 0 saturated carbocycles. The molecular weight excluding hydrogens is 343 g/mol. The first-order valence-electron chi connectivity index (χ1n) is 6.30. The Bertz CT molecular complexity index is 575. The van der Waals surface area contributed by atoms with Gasteiger partial charge in [-0.05, 0) is 59.2 Å². The van der Waals surface area contributed by atoms with Crippen LogP contribution in [-0.4, -0.2) is 18.1 Å². The molecule has 0 aliphatic rings. The van der Waals surface area contributed by atoms with Crippen molar-refractivity contribution >= 4 is 27.5 Å². The highest BCUT2D eigenvalue weighted by Crippen LogP contribution is 2.19. The Hall–Kier alpha value is -0.970. The predicted octanol–water partition coefficient (Wildman–Crippen LogP) is 4.01. The first kappa shape index (κ1) is 15.4. The lowest BCUT2D eigenvalue weighted by Gasteiger charge is -2.16. The third-order valence-electron chi connectivity index (χ3n) is 3.13. The summed E-state index contributed by atoms with van der Waals surface area (Å²) in [5, 5.41) is 3.72. The van der Waals surface area contributed by atoms with Crippen LogP contribution >= 0.6 is 27.5 Å². The van der Waals surface area contributed by atoms with E-state index in [2.05, 4.69) is 26.2 Å². The van der Waals surface area contributed by atoms with Crippen molar-refractivity contribution in [2.75, 3.05) is 7.05 Å². The van der Waals surface area contributed by atoms with Crippen LogP contribution in [0, 0.1) is 5.82 Å². The van der Waals surface area contributed by atoms with Crippen molar-refractivity contribution in [3.8, 4) is 0 Å². The summed E-state index contributed by atoms with van der Waals surface area (Å²) >= 11 is 9.43. The molecule has 20 heavy (non-hydrogen) atoms. The Morgan fingerprint density at radius 3 is 2.70 bits per heavy atom. The van der Waals surface area contributed by atoms with Gasteiger partial charge in [-0.25, -0.2) is 4.39 Å². The fourth-order valence-corrected chi connectivity index (χ4v) is 2.49. The van der Waals surface area contributed by atoms with Crippen LogP contribution in [0.4, 0.5) is 4.39 Å². The minimum absolute atomic E-state index is 0.201. The number of nitrogens with one attached hydrogen (secondary N) is 1. The van der Waals surface area contributed by atoms with Crippen LogP contribution in [-0.2, 0) is 12.8 Å². The highest BCUT2D eigenvalue weighted by atomic mass is 79.9. The minimum atomic E-state index is -0.311. The zero-order valence-corrected chi connectivity index (χ0v) is 13.4. The van der Waals surface area contributed by atoms with E-state index in [0.717, 1.165) is 28.6 Å². The summed E-state index contributed by atoms with van der Waals surface area (Å²) in [6, 6.07) is 8.68. The van der Waals surface area contributed by atoms with E-state index in [1.165, 1.54) is 12.1 Å². The molecule has 1 atom stereocenters. The van der Waals surface area contributed by atoms with Crippen LogP contribution in [0.3, 0.4) is 0 Å². The maximum atomic E-state index is 13.0. The van der Waals surface area contributed by atoms with Gasteiger partial charge in [0.2, 0.25) is 0 Å². The van der Waals surface area contributed by atoms with Crippen LogP contribution in [0.1, 0.15) is 11.3 Å². The lowest BCUT2D eigenvalue weighted by Crippen LogP contribution is -2.30. The van der Waals surface area contributed by atoms with E-state index in [1.807, 2.05) is 19.2 Å². The molecule has 0 radical (unpaired) electrons. The highest BCUT2D eigenvalue weighted by molar-refractivity contribution is 9.10. The van der Waals surface area contributed by atoms with E-state index in [-0.39, 0.29) is 11.9 Å². The Morgan fingerprint density at radius 2 is 2.10 bits per heavy atom. The Balaban J connectivity index is 2.07. The van der Waals surface area contributed by atoms with Gasteiger partial charge in [0.15, 0.2) is 0 Å². The summed E-state index contributed by atoms with van der Waals surface area (Å²) in [7, 11) is 1.90. The maximum Gasteiger partial charge on any atom is 0.124 e. The van der Waals surface area contributed by atoms with Gasteiger partial charge in [-0.3, -0.25) is 4.98 Å². The molecule has 2 aromatic rings. The molecule has 1 aromatic heterocycles. The number of pyridine rings is 1. The van der Waals surface area contributed by atoms with Crippen LogP contribution in [0.15, 0.2) is 41.0 Å². The molecule has 0 fully saturated rings. The van der Waals surface area contributed by atoms with Crippen LogP contribution < -0.4 is 5.32 Å². The van der Waals surface area contributed by atoms with Crippen molar-refractivity contribution in [1.82, 2.24) is 10.3 Å². The smallest absolute Gasteiger partial charge is 0.124 e. The third kappa shape index (κ3) is 4.27. The monoisotopic (exact) mass is 356 g/mol. The quantitative estimate of drug-likeness (QED) is 0.874. The van der Waals surface area contributed by atoms with Crippen molar-refractivity contribution in [3.63, 3.8) is 0 Å². The lowest BCUT2D eigenvalue weighted by atomic mass is 10.0. The predicted molar refractivity (Wildman–Crippen MR) is 83.6 cm³/mol. The molecule has 0 aliphatic carbocycles. The molecule has 106 valence electrons. The van der Waals surface area contributed by atoms with Gasteiger partial charge < -0.3 is 5.32 Å². The molecule has 1 aromatic carbocycles. The molecular formula is C15H15BrClFN2. The Labute approximate surface area is 131 Å². The topological polar surface area (TPSA) is 24.9 Å². The normalized spacial score (nSPS) is 12.4. The number of hydrogen-bond acceptors (Lipinski definition) is 2. The van der Waals surface area contributed by atoms with Gasteiger partial charge in [0.05, 0.1) is 0 Å². The van der Waals surface area contributed by atoms with E-state index >= 15 is 0 Å². The standard InChI is InChI=1S/C15H15BrClFN2/c1-19-14(8-13-5-3-11(16)9-20-13)6-10-2-4-12(18)7-15(10)17/h2-5,7,9,14,19H,6,8H2,1H3. The third-order valence-corrected chi connectivity index (χ3v) is 3.95. The van der Waals surface area contributed by atoms with Crippen LogP contribution in [0.2, 0.25) is 5.02 Å². The number of nitrogens with zero attached hydrogens (tertiary/aromatic N) is 1. The van der Waals surface area contributed by atoms with Gasteiger partial charge in [-0.2, -0.15) is 0 Å². The lowest BCUT2D eigenvalue weighted by molar-refractivity contribution is 0.549.